The molecule has 4 rings (SSSR count). The number of carbonyl (C=O) groups is 1. The molecule has 138 valence electrons. The van der Waals surface area contributed by atoms with E-state index in [0.717, 1.165) is 58.5 Å². The summed E-state index contributed by atoms with van der Waals surface area (Å²) in [4.78, 5) is 21.5. The fourth-order valence-corrected chi connectivity index (χ4v) is 5.32. The SMILES string of the molecule is CN(Cc1nccs1)C1CC12CCN(C(=O)CCC1CCOC1)CC2. The van der Waals surface area contributed by atoms with Gasteiger partial charge in [0.15, 0.2) is 0 Å². The predicted molar refractivity (Wildman–Crippen MR) is 98.4 cm³/mol. The van der Waals surface area contributed by atoms with Crippen molar-refractivity contribution >= 4 is 17.2 Å². The molecule has 25 heavy (non-hydrogen) atoms. The zero-order chi connectivity index (χ0) is 17.3. The largest absolute Gasteiger partial charge is 0.381 e. The zero-order valence-electron chi connectivity index (χ0n) is 15.2. The van der Waals surface area contributed by atoms with Gasteiger partial charge in [-0.15, -0.1) is 11.3 Å². The number of hydrogen-bond donors (Lipinski definition) is 0. The Morgan fingerprint density at radius 2 is 2.32 bits per heavy atom. The number of ether oxygens (including phenoxy) is 1. The van der Waals surface area contributed by atoms with Crippen LogP contribution in [0, 0.1) is 11.3 Å². The van der Waals surface area contributed by atoms with Crippen molar-refractivity contribution in [2.24, 2.45) is 11.3 Å². The number of piperidine rings is 1. The Morgan fingerprint density at radius 3 is 3.00 bits per heavy atom. The van der Waals surface area contributed by atoms with Crippen LogP contribution in [0.25, 0.3) is 0 Å². The van der Waals surface area contributed by atoms with E-state index in [1.165, 1.54) is 11.4 Å². The third-order valence-electron chi connectivity index (χ3n) is 6.45. The summed E-state index contributed by atoms with van der Waals surface area (Å²) in [7, 11) is 2.22. The van der Waals surface area contributed by atoms with Crippen LogP contribution < -0.4 is 0 Å². The standard InChI is InChI=1S/C19H29N3O2S/c1-21(13-17-20-7-11-25-17)16-12-19(16)5-8-22(9-6-19)18(23)3-2-15-4-10-24-14-15/h7,11,15-16H,2-6,8-10,12-14H2,1H3. The Hall–Kier alpha value is -0.980. The Bertz CT molecular complexity index is 577. The Morgan fingerprint density at radius 1 is 1.48 bits per heavy atom. The molecule has 2 atom stereocenters. The summed E-state index contributed by atoms with van der Waals surface area (Å²) in [5.41, 5.74) is 0.460. The van der Waals surface area contributed by atoms with Gasteiger partial charge in [-0.05, 0) is 50.5 Å². The van der Waals surface area contributed by atoms with Gasteiger partial charge in [-0.1, -0.05) is 0 Å². The Balaban J connectivity index is 1.21. The van der Waals surface area contributed by atoms with Crippen LogP contribution in [0.2, 0.25) is 0 Å². The fraction of sp³-hybridized carbons (Fsp3) is 0.789. The van der Waals surface area contributed by atoms with Crippen molar-refractivity contribution in [3.8, 4) is 0 Å². The molecule has 1 aliphatic carbocycles. The summed E-state index contributed by atoms with van der Waals surface area (Å²) >= 11 is 1.74. The first-order valence-electron chi connectivity index (χ1n) is 9.60. The molecule has 2 saturated heterocycles. The van der Waals surface area contributed by atoms with Crippen LogP contribution in [-0.4, -0.2) is 60.1 Å². The number of rotatable bonds is 6. The summed E-state index contributed by atoms with van der Waals surface area (Å²) in [6.07, 6.45) is 8.34. The summed E-state index contributed by atoms with van der Waals surface area (Å²) in [6.45, 7) is 4.57. The van der Waals surface area contributed by atoms with E-state index in [2.05, 4.69) is 21.8 Å². The third kappa shape index (κ3) is 3.91. The number of likely N-dealkylation sites (tertiary alicyclic amines) is 1. The Kier molecular flexibility index (Phi) is 5.11. The van der Waals surface area contributed by atoms with E-state index in [0.29, 0.717) is 29.7 Å². The molecule has 3 heterocycles. The van der Waals surface area contributed by atoms with Gasteiger partial charge >= 0.3 is 0 Å². The number of thiazole rings is 1. The highest BCUT2D eigenvalue weighted by Crippen LogP contribution is 2.56. The van der Waals surface area contributed by atoms with Gasteiger partial charge < -0.3 is 9.64 Å². The molecule has 3 aliphatic rings. The molecule has 0 radical (unpaired) electrons. The molecule has 0 N–H and O–H groups in total. The highest BCUT2D eigenvalue weighted by molar-refractivity contribution is 7.09. The van der Waals surface area contributed by atoms with Gasteiger partial charge in [-0.2, -0.15) is 0 Å². The van der Waals surface area contributed by atoms with E-state index in [9.17, 15) is 4.79 Å². The van der Waals surface area contributed by atoms with Crippen LogP contribution in [0.3, 0.4) is 0 Å². The van der Waals surface area contributed by atoms with E-state index in [4.69, 9.17) is 4.74 Å². The van der Waals surface area contributed by atoms with E-state index in [1.807, 2.05) is 11.6 Å². The van der Waals surface area contributed by atoms with Gasteiger partial charge in [0.1, 0.15) is 5.01 Å². The molecule has 1 amide bonds. The third-order valence-corrected chi connectivity index (χ3v) is 7.21. The van der Waals surface area contributed by atoms with E-state index >= 15 is 0 Å². The Labute approximate surface area is 154 Å². The van der Waals surface area contributed by atoms with Crippen LogP contribution in [-0.2, 0) is 16.1 Å². The molecule has 1 aromatic heterocycles. The van der Waals surface area contributed by atoms with Gasteiger partial charge in [-0.3, -0.25) is 9.69 Å². The lowest BCUT2D eigenvalue weighted by Gasteiger charge is -2.34. The maximum absolute atomic E-state index is 12.5. The lowest BCUT2D eigenvalue weighted by atomic mass is 9.92. The molecule has 6 heteroatoms. The minimum Gasteiger partial charge on any atom is -0.381 e. The second kappa shape index (κ2) is 7.33. The monoisotopic (exact) mass is 363 g/mol. The molecular weight excluding hydrogens is 334 g/mol. The maximum atomic E-state index is 12.5. The van der Waals surface area contributed by atoms with Crippen LogP contribution >= 0.6 is 11.3 Å². The lowest BCUT2D eigenvalue weighted by Crippen LogP contribution is -2.41. The van der Waals surface area contributed by atoms with Crippen LogP contribution in [0.15, 0.2) is 11.6 Å². The molecule has 2 unspecified atom stereocenters. The van der Waals surface area contributed by atoms with Crippen molar-refractivity contribution in [3.05, 3.63) is 16.6 Å². The van der Waals surface area contributed by atoms with E-state index in [-0.39, 0.29) is 0 Å². The molecule has 1 saturated carbocycles. The van der Waals surface area contributed by atoms with Crippen molar-refractivity contribution in [1.29, 1.82) is 0 Å². The smallest absolute Gasteiger partial charge is 0.222 e. The van der Waals surface area contributed by atoms with Crippen molar-refractivity contribution < 1.29 is 9.53 Å². The first kappa shape index (κ1) is 17.4. The number of amides is 1. The fourth-order valence-electron chi connectivity index (χ4n) is 4.64. The first-order chi connectivity index (χ1) is 12.2. The van der Waals surface area contributed by atoms with Crippen LogP contribution in [0.5, 0.6) is 0 Å². The van der Waals surface area contributed by atoms with Gasteiger partial charge in [0, 0.05) is 50.3 Å². The molecule has 0 bridgehead atoms. The minimum absolute atomic E-state index is 0.357. The van der Waals surface area contributed by atoms with Crippen molar-refractivity contribution in [2.45, 2.75) is 51.1 Å². The highest BCUT2D eigenvalue weighted by atomic mass is 32.1. The van der Waals surface area contributed by atoms with Gasteiger partial charge in [0.05, 0.1) is 6.54 Å². The molecule has 1 spiro atoms. The summed E-state index contributed by atoms with van der Waals surface area (Å²) < 4.78 is 5.41. The van der Waals surface area contributed by atoms with Crippen LogP contribution in [0.4, 0.5) is 0 Å². The van der Waals surface area contributed by atoms with E-state index < -0.39 is 0 Å². The second-order valence-electron chi connectivity index (χ2n) is 8.07. The molecule has 0 aromatic carbocycles. The molecule has 3 fully saturated rings. The molecule has 1 aromatic rings. The first-order valence-corrected chi connectivity index (χ1v) is 10.5. The van der Waals surface area contributed by atoms with Crippen LogP contribution in [0.1, 0.15) is 43.5 Å². The highest BCUT2D eigenvalue weighted by Gasteiger charge is 2.56. The molecular formula is C19H29N3O2S. The average molecular weight is 364 g/mol. The number of aromatic nitrogens is 1. The average Bonchev–Trinajstić information content (AvgIpc) is 3.04. The van der Waals surface area contributed by atoms with E-state index in [1.54, 1.807) is 11.3 Å². The molecule has 5 nitrogen and oxygen atoms in total. The normalized spacial score (nSPS) is 28.0. The topological polar surface area (TPSA) is 45.7 Å². The number of hydrogen-bond acceptors (Lipinski definition) is 5. The van der Waals surface area contributed by atoms with Gasteiger partial charge in [-0.25, -0.2) is 4.98 Å². The lowest BCUT2D eigenvalue weighted by molar-refractivity contribution is -0.133. The van der Waals surface area contributed by atoms with Gasteiger partial charge in [0.2, 0.25) is 5.91 Å². The molecule has 2 aliphatic heterocycles. The summed E-state index contributed by atoms with van der Waals surface area (Å²) in [6, 6.07) is 0.671. The number of nitrogens with zero attached hydrogens (tertiary/aromatic N) is 3. The quantitative estimate of drug-likeness (QED) is 0.780. The second-order valence-corrected chi connectivity index (χ2v) is 9.05. The minimum atomic E-state index is 0.357. The van der Waals surface area contributed by atoms with Gasteiger partial charge in [0.25, 0.3) is 0 Å². The predicted octanol–water partition coefficient (Wildman–Crippen LogP) is 2.77. The zero-order valence-corrected chi connectivity index (χ0v) is 16.0. The van der Waals surface area contributed by atoms with Crippen molar-refractivity contribution in [1.82, 2.24) is 14.8 Å². The summed E-state index contributed by atoms with van der Waals surface area (Å²) in [5.74, 6) is 0.961. The summed E-state index contributed by atoms with van der Waals surface area (Å²) in [5, 5.41) is 3.25. The maximum Gasteiger partial charge on any atom is 0.222 e. The van der Waals surface area contributed by atoms with Crippen molar-refractivity contribution in [3.63, 3.8) is 0 Å². The number of carbonyl (C=O) groups excluding carboxylic acids is 1. The van der Waals surface area contributed by atoms with Crippen molar-refractivity contribution in [2.75, 3.05) is 33.4 Å².